The maximum Gasteiger partial charge on any atom is 0.315 e. The average Bonchev–Trinajstić information content (AvgIpc) is 2.33. The zero-order valence-electron chi connectivity index (χ0n) is 13.5. The van der Waals surface area contributed by atoms with Crippen LogP contribution in [0.2, 0.25) is 5.02 Å². The maximum absolute atomic E-state index is 12.1. The Balaban J connectivity index is 2.25. The molecule has 0 bridgehead atoms. The Hall–Kier alpha value is -1.46. The predicted molar refractivity (Wildman–Crippen MR) is 86.3 cm³/mol. The van der Waals surface area contributed by atoms with Crippen LogP contribution in [0.4, 0.5) is 4.79 Å². The molecule has 122 valence electrons. The lowest BCUT2D eigenvalue weighted by atomic mass is 9.86. The van der Waals surface area contributed by atoms with Gasteiger partial charge in [-0.3, -0.25) is 0 Å². The molecule has 0 spiro atoms. The lowest BCUT2D eigenvalue weighted by Gasteiger charge is -2.43. The van der Waals surface area contributed by atoms with Crippen LogP contribution in [-0.4, -0.2) is 28.3 Å². The van der Waals surface area contributed by atoms with Crippen molar-refractivity contribution in [2.75, 3.05) is 0 Å². The third-order valence-electron chi connectivity index (χ3n) is 3.50. The largest absolute Gasteiger partial charge is 0.485 e. The van der Waals surface area contributed by atoms with Crippen molar-refractivity contribution in [1.82, 2.24) is 10.6 Å². The highest BCUT2D eigenvalue weighted by molar-refractivity contribution is 6.30. The average molecular weight is 327 g/mol. The monoisotopic (exact) mass is 326 g/mol. The van der Waals surface area contributed by atoms with Crippen LogP contribution in [0.25, 0.3) is 0 Å². The fourth-order valence-corrected chi connectivity index (χ4v) is 2.70. The van der Waals surface area contributed by atoms with E-state index in [2.05, 4.69) is 10.6 Å². The Morgan fingerprint density at radius 1 is 1.36 bits per heavy atom. The van der Waals surface area contributed by atoms with E-state index in [0.29, 0.717) is 16.3 Å². The van der Waals surface area contributed by atoms with E-state index < -0.39 is 17.7 Å². The molecule has 1 unspecified atom stereocenters. The van der Waals surface area contributed by atoms with Crippen molar-refractivity contribution in [3.05, 3.63) is 28.8 Å². The van der Waals surface area contributed by atoms with E-state index in [9.17, 15) is 9.90 Å². The van der Waals surface area contributed by atoms with Crippen LogP contribution < -0.4 is 15.4 Å². The number of fused-ring (bicyclic) bond motifs is 1. The van der Waals surface area contributed by atoms with Gasteiger partial charge in [-0.1, -0.05) is 11.6 Å². The van der Waals surface area contributed by atoms with Crippen molar-refractivity contribution < 1.29 is 14.6 Å². The molecule has 6 heteroatoms. The van der Waals surface area contributed by atoms with Crippen LogP contribution in [-0.2, 0) is 0 Å². The van der Waals surface area contributed by atoms with Crippen molar-refractivity contribution in [1.29, 1.82) is 0 Å². The molecule has 5 nitrogen and oxygen atoms in total. The molecule has 1 heterocycles. The number of aliphatic hydroxyl groups excluding tert-OH is 1. The van der Waals surface area contributed by atoms with Crippen molar-refractivity contribution in [3.63, 3.8) is 0 Å². The molecule has 22 heavy (non-hydrogen) atoms. The number of urea groups is 1. The molecule has 1 aromatic rings. The fourth-order valence-electron chi connectivity index (χ4n) is 2.52. The third kappa shape index (κ3) is 3.65. The minimum atomic E-state index is -0.900. The van der Waals surface area contributed by atoms with Crippen molar-refractivity contribution in [3.8, 4) is 5.75 Å². The molecule has 0 aromatic heterocycles. The highest BCUT2D eigenvalue weighted by Gasteiger charge is 2.44. The van der Waals surface area contributed by atoms with Crippen LogP contribution in [0.1, 0.15) is 46.3 Å². The Labute approximate surface area is 136 Å². The molecule has 0 aliphatic carbocycles. The van der Waals surface area contributed by atoms with Crippen LogP contribution in [0, 0.1) is 0 Å². The number of ether oxygens (including phenoxy) is 1. The van der Waals surface area contributed by atoms with Gasteiger partial charge in [-0.25, -0.2) is 4.79 Å². The summed E-state index contributed by atoms with van der Waals surface area (Å²) in [6.45, 7) is 9.33. The second-order valence-corrected chi connectivity index (χ2v) is 7.60. The van der Waals surface area contributed by atoms with E-state index in [1.807, 2.05) is 34.6 Å². The normalized spacial score (nSPS) is 23.2. The number of carbonyl (C=O) groups is 1. The Kier molecular flexibility index (Phi) is 4.33. The molecular formula is C16H23ClN2O3. The van der Waals surface area contributed by atoms with Gasteiger partial charge in [0.15, 0.2) is 0 Å². The second kappa shape index (κ2) is 5.63. The SMILES string of the molecule is CC(C)(C)NC(=O)N[C@H]1C(O)c2cc(Cl)ccc2OC1(C)C. The molecule has 1 aliphatic rings. The predicted octanol–water partition coefficient (Wildman–Crippen LogP) is 3.01. The van der Waals surface area contributed by atoms with Crippen molar-refractivity contribution >= 4 is 17.6 Å². The number of hydrogen-bond acceptors (Lipinski definition) is 3. The first-order valence-corrected chi connectivity index (χ1v) is 7.62. The van der Waals surface area contributed by atoms with Crippen LogP contribution in [0.15, 0.2) is 18.2 Å². The van der Waals surface area contributed by atoms with E-state index >= 15 is 0 Å². The summed E-state index contributed by atoms with van der Waals surface area (Å²) < 4.78 is 5.93. The molecule has 2 amide bonds. The van der Waals surface area contributed by atoms with Crippen molar-refractivity contribution in [2.45, 2.75) is 57.9 Å². The Morgan fingerprint density at radius 2 is 2.00 bits per heavy atom. The van der Waals surface area contributed by atoms with Gasteiger partial charge < -0.3 is 20.5 Å². The van der Waals surface area contributed by atoms with Gasteiger partial charge in [0.25, 0.3) is 0 Å². The van der Waals surface area contributed by atoms with Gasteiger partial charge in [-0.15, -0.1) is 0 Å². The smallest absolute Gasteiger partial charge is 0.315 e. The summed E-state index contributed by atoms with van der Waals surface area (Å²) in [6.07, 6.45) is -0.900. The van der Waals surface area contributed by atoms with E-state index in [1.54, 1.807) is 18.2 Å². The number of carbonyl (C=O) groups excluding carboxylic acids is 1. The fraction of sp³-hybridized carbons (Fsp3) is 0.562. The second-order valence-electron chi connectivity index (χ2n) is 7.16. The Bertz CT molecular complexity index is 581. The number of amides is 2. The van der Waals surface area contributed by atoms with Crippen LogP contribution in [0.3, 0.4) is 0 Å². The minimum Gasteiger partial charge on any atom is -0.485 e. The highest BCUT2D eigenvalue weighted by atomic mass is 35.5. The zero-order chi connectivity index (χ0) is 16.7. The zero-order valence-corrected chi connectivity index (χ0v) is 14.3. The number of halogens is 1. The van der Waals surface area contributed by atoms with Crippen LogP contribution >= 0.6 is 11.6 Å². The molecule has 1 aliphatic heterocycles. The molecule has 2 atom stereocenters. The molecule has 1 aromatic carbocycles. The van der Waals surface area contributed by atoms with Gasteiger partial charge >= 0.3 is 6.03 Å². The third-order valence-corrected chi connectivity index (χ3v) is 3.74. The van der Waals surface area contributed by atoms with Crippen LogP contribution in [0.5, 0.6) is 5.75 Å². The standard InChI is InChI=1S/C16H23ClN2O3/c1-15(2,3)19-14(21)18-13-12(20)10-8-9(17)6-7-11(10)22-16(13,4)5/h6-8,12-13,20H,1-5H3,(H2,18,19,21)/t12?,13-/m0/s1. The molecule has 2 rings (SSSR count). The molecule has 0 saturated carbocycles. The summed E-state index contributed by atoms with van der Waals surface area (Å²) in [6, 6.07) is 4.16. The van der Waals surface area contributed by atoms with Gasteiger partial charge in [-0.05, 0) is 52.8 Å². The summed E-state index contributed by atoms with van der Waals surface area (Å²) >= 11 is 5.99. The van der Waals surface area contributed by atoms with Gasteiger partial charge in [0.1, 0.15) is 17.5 Å². The van der Waals surface area contributed by atoms with E-state index in [-0.39, 0.29) is 11.6 Å². The van der Waals surface area contributed by atoms with Gasteiger partial charge in [0.05, 0.1) is 6.04 Å². The summed E-state index contributed by atoms with van der Waals surface area (Å²) in [4.78, 5) is 12.1. The molecule has 0 saturated heterocycles. The summed E-state index contributed by atoms with van der Waals surface area (Å²) in [5, 5.41) is 16.8. The van der Waals surface area contributed by atoms with Crippen molar-refractivity contribution in [2.24, 2.45) is 0 Å². The number of aliphatic hydroxyl groups is 1. The summed E-state index contributed by atoms with van der Waals surface area (Å²) in [5.41, 5.74) is -0.543. The number of benzene rings is 1. The van der Waals surface area contributed by atoms with Gasteiger partial charge in [0.2, 0.25) is 0 Å². The molecular weight excluding hydrogens is 304 g/mol. The summed E-state index contributed by atoms with van der Waals surface area (Å²) in [7, 11) is 0. The molecule has 0 fully saturated rings. The van der Waals surface area contributed by atoms with Gasteiger partial charge in [0, 0.05) is 16.1 Å². The first-order valence-electron chi connectivity index (χ1n) is 7.25. The summed E-state index contributed by atoms with van der Waals surface area (Å²) in [5.74, 6) is 0.580. The molecule has 3 N–H and O–H groups in total. The van der Waals surface area contributed by atoms with E-state index in [0.717, 1.165) is 0 Å². The lowest BCUT2D eigenvalue weighted by molar-refractivity contribution is -0.0231. The van der Waals surface area contributed by atoms with E-state index in [1.165, 1.54) is 0 Å². The number of hydrogen-bond donors (Lipinski definition) is 3. The number of rotatable bonds is 1. The number of nitrogens with one attached hydrogen (secondary N) is 2. The highest BCUT2D eigenvalue weighted by Crippen LogP contribution is 2.40. The van der Waals surface area contributed by atoms with Gasteiger partial charge in [-0.2, -0.15) is 0 Å². The topological polar surface area (TPSA) is 70.6 Å². The quantitative estimate of drug-likeness (QED) is 0.743. The van der Waals surface area contributed by atoms with E-state index in [4.69, 9.17) is 16.3 Å². The Morgan fingerprint density at radius 3 is 2.59 bits per heavy atom. The molecule has 0 radical (unpaired) electrons. The first kappa shape index (κ1) is 16.9. The minimum absolute atomic E-state index is 0.348. The first-order chi connectivity index (χ1) is 9.99. The maximum atomic E-state index is 12.1. The lowest BCUT2D eigenvalue weighted by Crippen LogP contribution is -2.61.